The Hall–Kier alpha value is -4.57. The van der Waals surface area contributed by atoms with Gasteiger partial charge >= 0.3 is 0 Å². The van der Waals surface area contributed by atoms with Crippen molar-refractivity contribution < 1.29 is 23.9 Å². The predicted molar refractivity (Wildman–Crippen MR) is 128 cm³/mol. The van der Waals surface area contributed by atoms with Crippen LogP contribution in [0.1, 0.15) is 10.5 Å². The highest BCUT2D eigenvalue weighted by Crippen LogP contribution is 2.34. The van der Waals surface area contributed by atoms with Crippen LogP contribution >= 0.6 is 11.6 Å². The van der Waals surface area contributed by atoms with E-state index in [1.54, 1.807) is 54.7 Å². The van der Waals surface area contributed by atoms with E-state index >= 15 is 0 Å². The Bertz CT molecular complexity index is 1370. The number of hydrogen-bond acceptors (Lipinski definition) is 7. The Morgan fingerprint density at radius 1 is 1.06 bits per heavy atom. The van der Waals surface area contributed by atoms with Crippen molar-refractivity contribution in [2.45, 2.75) is 6.73 Å². The molecule has 1 N–H and O–H groups in total. The predicted octanol–water partition coefficient (Wildman–Crippen LogP) is 5.53. The number of hydrogen-bond donors (Lipinski definition) is 1. The van der Waals surface area contributed by atoms with Crippen LogP contribution in [0.15, 0.2) is 79.0 Å². The Morgan fingerprint density at radius 2 is 1.77 bits per heavy atom. The largest absolute Gasteiger partial charge is 0.493 e. The molecular weight excluding hydrogens is 476 g/mol. The third-order valence-electron chi connectivity index (χ3n) is 4.72. The van der Waals surface area contributed by atoms with Crippen LogP contribution in [0.3, 0.4) is 0 Å². The molecule has 10 nitrogen and oxygen atoms in total. The molecule has 0 saturated heterocycles. The van der Waals surface area contributed by atoms with E-state index in [1.807, 2.05) is 0 Å². The number of nitro benzene ring substituents is 1. The fourth-order valence-electron chi connectivity index (χ4n) is 3.10. The van der Waals surface area contributed by atoms with E-state index < -0.39 is 10.8 Å². The maximum atomic E-state index is 12.7. The van der Waals surface area contributed by atoms with Crippen molar-refractivity contribution in [2.75, 3.05) is 12.4 Å². The van der Waals surface area contributed by atoms with E-state index in [0.29, 0.717) is 22.3 Å². The molecule has 0 unspecified atom stereocenters. The molecule has 1 aromatic heterocycles. The first kappa shape index (κ1) is 23.6. The average Bonchev–Trinajstić information content (AvgIpc) is 3.33. The van der Waals surface area contributed by atoms with Gasteiger partial charge in [0.15, 0.2) is 23.9 Å². The van der Waals surface area contributed by atoms with Crippen molar-refractivity contribution in [3.8, 4) is 23.0 Å². The van der Waals surface area contributed by atoms with E-state index in [0.717, 1.165) is 0 Å². The fraction of sp³-hybridized carbons (Fsp3) is 0.0833. The van der Waals surface area contributed by atoms with Gasteiger partial charge in [-0.15, -0.1) is 0 Å². The quantitative estimate of drug-likeness (QED) is 0.240. The van der Waals surface area contributed by atoms with Crippen molar-refractivity contribution in [1.29, 1.82) is 0 Å². The van der Waals surface area contributed by atoms with Crippen LogP contribution < -0.4 is 19.5 Å². The van der Waals surface area contributed by atoms with E-state index in [2.05, 4.69) is 10.4 Å². The molecule has 4 rings (SSSR count). The number of anilines is 1. The maximum absolute atomic E-state index is 12.7. The zero-order chi connectivity index (χ0) is 24.8. The van der Waals surface area contributed by atoms with Gasteiger partial charge in [-0.1, -0.05) is 35.9 Å². The van der Waals surface area contributed by atoms with Gasteiger partial charge in [0.05, 0.1) is 28.8 Å². The van der Waals surface area contributed by atoms with Crippen LogP contribution in [0.25, 0.3) is 0 Å². The zero-order valence-electron chi connectivity index (χ0n) is 18.4. The second kappa shape index (κ2) is 10.6. The summed E-state index contributed by atoms with van der Waals surface area (Å²) in [6.07, 6.45) is 1.56. The van der Waals surface area contributed by atoms with Crippen LogP contribution in [-0.2, 0) is 6.73 Å². The van der Waals surface area contributed by atoms with Gasteiger partial charge in [-0.25, -0.2) is 4.68 Å². The van der Waals surface area contributed by atoms with Gasteiger partial charge in [0.2, 0.25) is 0 Å². The SMILES string of the molecule is COc1ccccc1Oc1cc(NC(=O)c2ccn(COc3ccccc3Cl)n2)cc([N+](=O)[O-])c1. The summed E-state index contributed by atoms with van der Waals surface area (Å²) in [6.45, 7) is 0.0325. The first-order chi connectivity index (χ1) is 16.9. The minimum Gasteiger partial charge on any atom is -0.493 e. The maximum Gasteiger partial charge on any atom is 0.276 e. The number of carbonyl (C=O) groups excluding carboxylic acids is 1. The Morgan fingerprint density at radius 3 is 2.49 bits per heavy atom. The lowest BCUT2D eigenvalue weighted by atomic mass is 10.2. The number of nitrogens with one attached hydrogen (secondary N) is 1. The molecule has 0 fully saturated rings. The molecule has 1 amide bonds. The van der Waals surface area contributed by atoms with E-state index in [1.165, 1.54) is 36.1 Å². The molecule has 0 radical (unpaired) electrons. The molecule has 3 aromatic carbocycles. The molecule has 0 aliphatic carbocycles. The van der Waals surface area contributed by atoms with Crippen LogP contribution in [0.2, 0.25) is 5.02 Å². The van der Waals surface area contributed by atoms with Crippen molar-refractivity contribution in [1.82, 2.24) is 9.78 Å². The number of amides is 1. The summed E-state index contributed by atoms with van der Waals surface area (Å²) in [5.41, 5.74) is -0.00575. The normalized spacial score (nSPS) is 10.5. The smallest absolute Gasteiger partial charge is 0.276 e. The van der Waals surface area contributed by atoms with Crippen LogP contribution in [0.4, 0.5) is 11.4 Å². The second-order valence-electron chi connectivity index (χ2n) is 7.12. The summed E-state index contributed by atoms with van der Waals surface area (Å²) in [5.74, 6) is 0.886. The van der Waals surface area contributed by atoms with Gasteiger partial charge in [0.1, 0.15) is 11.5 Å². The number of aromatic nitrogens is 2. The van der Waals surface area contributed by atoms with E-state index in [-0.39, 0.29) is 29.5 Å². The summed E-state index contributed by atoms with van der Waals surface area (Å²) < 4.78 is 18.0. The molecule has 0 atom stereocenters. The average molecular weight is 495 g/mol. The number of ether oxygens (including phenoxy) is 3. The molecule has 4 aromatic rings. The summed E-state index contributed by atoms with van der Waals surface area (Å²) >= 11 is 6.07. The summed E-state index contributed by atoms with van der Waals surface area (Å²) in [7, 11) is 1.49. The lowest BCUT2D eigenvalue weighted by molar-refractivity contribution is -0.384. The number of halogens is 1. The second-order valence-corrected chi connectivity index (χ2v) is 7.53. The van der Waals surface area contributed by atoms with Gasteiger partial charge in [-0.2, -0.15) is 5.10 Å². The van der Waals surface area contributed by atoms with Gasteiger partial charge in [-0.05, 0) is 30.3 Å². The summed E-state index contributed by atoms with van der Waals surface area (Å²) in [6, 6.07) is 19.3. The van der Waals surface area contributed by atoms with Gasteiger partial charge in [0, 0.05) is 18.3 Å². The van der Waals surface area contributed by atoms with Crippen molar-refractivity contribution in [3.05, 3.63) is 99.8 Å². The Balaban J connectivity index is 1.49. The van der Waals surface area contributed by atoms with Gasteiger partial charge < -0.3 is 19.5 Å². The number of nitro groups is 1. The number of rotatable bonds is 9. The molecule has 178 valence electrons. The molecule has 0 aliphatic heterocycles. The minimum absolute atomic E-state index is 0.0325. The van der Waals surface area contributed by atoms with Crippen molar-refractivity contribution in [3.63, 3.8) is 0 Å². The first-order valence-corrected chi connectivity index (χ1v) is 10.6. The van der Waals surface area contributed by atoms with Gasteiger partial charge in [-0.3, -0.25) is 14.9 Å². The minimum atomic E-state index is -0.578. The molecule has 0 saturated carbocycles. The number of benzene rings is 3. The monoisotopic (exact) mass is 494 g/mol. The molecular formula is C24H19ClN4O6. The third kappa shape index (κ3) is 5.87. The number of non-ortho nitro benzene ring substituents is 1. The zero-order valence-corrected chi connectivity index (χ0v) is 19.1. The van der Waals surface area contributed by atoms with E-state index in [4.69, 9.17) is 25.8 Å². The van der Waals surface area contributed by atoms with Crippen LogP contribution in [-0.4, -0.2) is 27.7 Å². The van der Waals surface area contributed by atoms with Crippen LogP contribution in [0, 0.1) is 10.1 Å². The Labute approximate surface area is 204 Å². The molecule has 11 heteroatoms. The molecule has 0 aliphatic rings. The number of carbonyl (C=O) groups is 1. The third-order valence-corrected chi connectivity index (χ3v) is 5.03. The fourth-order valence-corrected chi connectivity index (χ4v) is 3.29. The number of methoxy groups -OCH3 is 1. The van der Waals surface area contributed by atoms with Crippen molar-refractivity contribution in [2.24, 2.45) is 0 Å². The Kier molecular flexibility index (Phi) is 7.12. The molecule has 1 heterocycles. The lowest BCUT2D eigenvalue weighted by Gasteiger charge is -2.11. The highest BCUT2D eigenvalue weighted by atomic mass is 35.5. The van der Waals surface area contributed by atoms with Gasteiger partial charge in [0.25, 0.3) is 11.6 Å². The topological polar surface area (TPSA) is 118 Å². The van der Waals surface area contributed by atoms with Crippen LogP contribution in [0.5, 0.6) is 23.0 Å². The first-order valence-electron chi connectivity index (χ1n) is 10.3. The van der Waals surface area contributed by atoms with E-state index in [9.17, 15) is 14.9 Å². The number of para-hydroxylation sites is 3. The standard InChI is InChI=1S/C24H19ClN4O6/c1-33-22-8-4-5-9-23(22)35-18-13-16(12-17(14-18)29(31)32)26-24(30)20-10-11-28(27-20)15-34-21-7-3-2-6-19(21)25/h2-14H,15H2,1H3,(H,26,30). The highest BCUT2D eigenvalue weighted by Gasteiger charge is 2.16. The molecule has 0 spiro atoms. The summed E-state index contributed by atoms with van der Waals surface area (Å²) in [5, 5.41) is 18.7. The highest BCUT2D eigenvalue weighted by molar-refractivity contribution is 6.32. The summed E-state index contributed by atoms with van der Waals surface area (Å²) in [4.78, 5) is 23.6. The molecule has 35 heavy (non-hydrogen) atoms. The van der Waals surface area contributed by atoms with Crippen molar-refractivity contribution >= 4 is 28.9 Å². The number of nitrogens with zero attached hydrogens (tertiary/aromatic N) is 3. The molecule has 0 bridgehead atoms. The lowest BCUT2D eigenvalue weighted by Crippen LogP contribution is -2.14.